The molecule has 1 aromatic carbocycles. The van der Waals surface area contributed by atoms with Gasteiger partial charge in [-0.3, -0.25) is 4.79 Å². The molecule has 0 saturated heterocycles. The number of rotatable bonds is 4. The molecule has 0 amide bonds. The quantitative estimate of drug-likeness (QED) is 0.856. The summed E-state index contributed by atoms with van der Waals surface area (Å²) >= 11 is 5.94. The van der Waals surface area contributed by atoms with Gasteiger partial charge in [0.25, 0.3) is 0 Å². The minimum Gasteiger partial charge on any atom is -0.481 e. The fourth-order valence-corrected chi connectivity index (χ4v) is 1.76. The van der Waals surface area contributed by atoms with E-state index < -0.39 is 5.97 Å². The van der Waals surface area contributed by atoms with Crippen LogP contribution in [-0.4, -0.2) is 11.1 Å². The molecular formula is C12H15ClO2. The molecule has 1 rings (SSSR count). The monoisotopic (exact) mass is 226 g/mol. The molecule has 1 atom stereocenters. The number of hydrogen-bond donors (Lipinski definition) is 1. The Bertz CT molecular complexity index is 361. The Balaban J connectivity index is 2.85. The number of aliphatic carboxylic acids is 1. The van der Waals surface area contributed by atoms with Crippen LogP contribution in [-0.2, 0) is 17.6 Å². The Labute approximate surface area is 94.9 Å². The van der Waals surface area contributed by atoms with Gasteiger partial charge < -0.3 is 5.11 Å². The summed E-state index contributed by atoms with van der Waals surface area (Å²) in [4.78, 5) is 10.7. The van der Waals surface area contributed by atoms with Gasteiger partial charge in [-0.1, -0.05) is 31.5 Å². The van der Waals surface area contributed by atoms with E-state index in [0.29, 0.717) is 11.4 Å². The van der Waals surface area contributed by atoms with Gasteiger partial charge in [0.1, 0.15) is 0 Å². The Hall–Kier alpha value is -1.02. The molecule has 0 spiro atoms. The van der Waals surface area contributed by atoms with E-state index >= 15 is 0 Å². The average Bonchev–Trinajstić information content (AvgIpc) is 2.16. The van der Waals surface area contributed by atoms with Gasteiger partial charge in [0, 0.05) is 5.02 Å². The molecule has 0 aliphatic heterocycles. The second-order valence-corrected chi connectivity index (χ2v) is 4.20. The number of aryl methyl sites for hydroxylation is 1. The van der Waals surface area contributed by atoms with E-state index in [4.69, 9.17) is 16.7 Å². The molecule has 1 N–H and O–H groups in total. The summed E-state index contributed by atoms with van der Waals surface area (Å²) in [5.41, 5.74) is 2.14. The fraction of sp³-hybridized carbons (Fsp3) is 0.417. The van der Waals surface area contributed by atoms with Crippen molar-refractivity contribution in [3.05, 3.63) is 34.3 Å². The molecule has 0 saturated carbocycles. The zero-order valence-corrected chi connectivity index (χ0v) is 9.71. The summed E-state index contributed by atoms with van der Waals surface area (Å²) in [5.74, 6) is -1.14. The molecule has 0 heterocycles. The number of halogens is 1. The second-order valence-electron chi connectivity index (χ2n) is 3.76. The van der Waals surface area contributed by atoms with Crippen molar-refractivity contribution < 1.29 is 9.90 Å². The molecule has 3 heteroatoms. The first kappa shape index (κ1) is 12.1. The van der Waals surface area contributed by atoms with Crippen molar-refractivity contribution in [2.24, 2.45) is 5.92 Å². The molecule has 2 nitrogen and oxygen atoms in total. The molecule has 0 aliphatic carbocycles. The molecule has 0 radical (unpaired) electrons. The van der Waals surface area contributed by atoms with Crippen LogP contribution in [0.1, 0.15) is 25.0 Å². The first-order valence-corrected chi connectivity index (χ1v) is 5.42. The van der Waals surface area contributed by atoms with Crippen LogP contribution >= 0.6 is 11.6 Å². The maximum absolute atomic E-state index is 10.7. The topological polar surface area (TPSA) is 37.3 Å². The molecule has 82 valence electrons. The van der Waals surface area contributed by atoms with Crippen molar-refractivity contribution in [2.45, 2.75) is 26.7 Å². The van der Waals surface area contributed by atoms with Crippen molar-refractivity contribution in [1.29, 1.82) is 0 Å². The molecule has 15 heavy (non-hydrogen) atoms. The summed E-state index contributed by atoms with van der Waals surface area (Å²) in [6.07, 6.45) is 1.44. The minimum atomic E-state index is -0.770. The van der Waals surface area contributed by atoms with Gasteiger partial charge in [-0.2, -0.15) is 0 Å². The zero-order chi connectivity index (χ0) is 11.4. The van der Waals surface area contributed by atoms with Crippen LogP contribution in [0.3, 0.4) is 0 Å². The number of benzene rings is 1. The van der Waals surface area contributed by atoms with Gasteiger partial charge in [0.05, 0.1) is 5.92 Å². The SMILES string of the molecule is CCc1cc(Cl)cc(CC(C)C(=O)O)c1. The van der Waals surface area contributed by atoms with E-state index in [-0.39, 0.29) is 5.92 Å². The molecule has 1 unspecified atom stereocenters. The van der Waals surface area contributed by atoms with Crippen LogP contribution in [0.4, 0.5) is 0 Å². The van der Waals surface area contributed by atoms with E-state index in [1.807, 2.05) is 18.2 Å². The predicted molar refractivity (Wildman–Crippen MR) is 61.3 cm³/mol. The third-order valence-electron chi connectivity index (χ3n) is 2.39. The van der Waals surface area contributed by atoms with Crippen molar-refractivity contribution >= 4 is 17.6 Å². The Morgan fingerprint density at radius 2 is 2.00 bits per heavy atom. The highest BCUT2D eigenvalue weighted by Crippen LogP contribution is 2.18. The van der Waals surface area contributed by atoms with E-state index in [2.05, 4.69) is 6.92 Å². The van der Waals surface area contributed by atoms with Crippen molar-refractivity contribution in [3.8, 4) is 0 Å². The minimum absolute atomic E-state index is 0.367. The average molecular weight is 227 g/mol. The van der Waals surface area contributed by atoms with Gasteiger partial charge in [0.15, 0.2) is 0 Å². The van der Waals surface area contributed by atoms with E-state index in [1.165, 1.54) is 0 Å². The highest BCUT2D eigenvalue weighted by molar-refractivity contribution is 6.30. The van der Waals surface area contributed by atoms with Crippen LogP contribution < -0.4 is 0 Å². The first-order valence-electron chi connectivity index (χ1n) is 5.04. The van der Waals surface area contributed by atoms with Gasteiger partial charge in [-0.15, -0.1) is 0 Å². The highest BCUT2D eigenvalue weighted by Gasteiger charge is 2.12. The lowest BCUT2D eigenvalue weighted by Gasteiger charge is -2.08. The smallest absolute Gasteiger partial charge is 0.306 e. The Kier molecular flexibility index (Phi) is 4.15. The van der Waals surface area contributed by atoms with Crippen LogP contribution in [0.25, 0.3) is 0 Å². The predicted octanol–water partition coefficient (Wildman–Crippen LogP) is 3.17. The Morgan fingerprint density at radius 1 is 1.40 bits per heavy atom. The van der Waals surface area contributed by atoms with Crippen molar-refractivity contribution in [1.82, 2.24) is 0 Å². The molecular weight excluding hydrogens is 212 g/mol. The lowest BCUT2D eigenvalue weighted by Crippen LogP contribution is -2.12. The summed E-state index contributed by atoms with van der Waals surface area (Å²) in [6, 6.07) is 5.77. The highest BCUT2D eigenvalue weighted by atomic mass is 35.5. The third kappa shape index (κ3) is 3.56. The molecule has 1 aromatic rings. The van der Waals surface area contributed by atoms with Crippen LogP contribution in [0.15, 0.2) is 18.2 Å². The summed E-state index contributed by atoms with van der Waals surface area (Å²) in [5, 5.41) is 9.49. The Morgan fingerprint density at radius 3 is 2.53 bits per heavy atom. The zero-order valence-electron chi connectivity index (χ0n) is 8.96. The van der Waals surface area contributed by atoms with Gasteiger partial charge in [-0.25, -0.2) is 0 Å². The fourth-order valence-electron chi connectivity index (χ4n) is 1.48. The van der Waals surface area contributed by atoms with Crippen molar-refractivity contribution in [3.63, 3.8) is 0 Å². The van der Waals surface area contributed by atoms with Crippen LogP contribution in [0.2, 0.25) is 5.02 Å². The lowest BCUT2D eigenvalue weighted by molar-refractivity contribution is -0.141. The third-order valence-corrected chi connectivity index (χ3v) is 2.61. The van der Waals surface area contributed by atoms with Crippen molar-refractivity contribution in [2.75, 3.05) is 0 Å². The maximum Gasteiger partial charge on any atom is 0.306 e. The largest absolute Gasteiger partial charge is 0.481 e. The summed E-state index contributed by atoms with van der Waals surface area (Å²) < 4.78 is 0. The number of carboxylic acids is 1. The van der Waals surface area contributed by atoms with Gasteiger partial charge in [0.2, 0.25) is 0 Å². The number of carboxylic acid groups (broad SMARTS) is 1. The molecule has 0 fully saturated rings. The van der Waals surface area contributed by atoms with Gasteiger partial charge >= 0.3 is 5.97 Å². The molecule has 0 aromatic heterocycles. The van der Waals surface area contributed by atoms with E-state index in [1.54, 1.807) is 6.92 Å². The lowest BCUT2D eigenvalue weighted by atomic mass is 9.99. The second kappa shape index (κ2) is 5.17. The summed E-state index contributed by atoms with van der Waals surface area (Å²) in [7, 11) is 0. The number of hydrogen-bond acceptors (Lipinski definition) is 1. The van der Waals surface area contributed by atoms with E-state index in [0.717, 1.165) is 17.5 Å². The van der Waals surface area contributed by atoms with Crippen LogP contribution in [0, 0.1) is 5.92 Å². The van der Waals surface area contributed by atoms with E-state index in [9.17, 15) is 4.79 Å². The number of carbonyl (C=O) groups is 1. The molecule has 0 bridgehead atoms. The molecule has 0 aliphatic rings. The standard InChI is InChI=1S/C12H15ClO2/c1-3-9-5-10(7-11(13)6-9)4-8(2)12(14)15/h5-8H,3-4H2,1-2H3,(H,14,15). The van der Waals surface area contributed by atoms with Gasteiger partial charge in [-0.05, 0) is 36.1 Å². The maximum atomic E-state index is 10.7. The normalized spacial score (nSPS) is 12.5. The first-order chi connectivity index (χ1) is 7.02. The summed E-state index contributed by atoms with van der Waals surface area (Å²) in [6.45, 7) is 3.75. The van der Waals surface area contributed by atoms with Crippen LogP contribution in [0.5, 0.6) is 0 Å².